The van der Waals surface area contributed by atoms with E-state index < -0.39 is 11.6 Å². The molecule has 6 heteroatoms. The minimum Gasteiger partial charge on any atom is -0.377 e. The van der Waals surface area contributed by atoms with Crippen LogP contribution in [0.5, 0.6) is 0 Å². The maximum Gasteiger partial charge on any atom is 0.153 e. The van der Waals surface area contributed by atoms with Crippen molar-refractivity contribution in [3.05, 3.63) is 59.2 Å². The number of nitrogens with zero attached hydrogens (tertiary/aromatic N) is 3. The lowest BCUT2D eigenvalue weighted by Gasteiger charge is -2.32. The molecule has 0 bridgehead atoms. The van der Waals surface area contributed by atoms with Crippen molar-refractivity contribution >= 4 is 0 Å². The average Bonchev–Trinajstić information content (AvgIpc) is 2.64. The third-order valence-corrected chi connectivity index (χ3v) is 4.91. The second-order valence-electron chi connectivity index (χ2n) is 6.92. The predicted octanol–water partition coefficient (Wildman–Crippen LogP) is 3.75. The second kappa shape index (κ2) is 9.14. The first kappa shape index (κ1) is 18.9. The summed E-state index contributed by atoms with van der Waals surface area (Å²) in [5, 5.41) is 0. The van der Waals surface area contributed by atoms with E-state index >= 15 is 0 Å². The first-order chi connectivity index (χ1) is 12.7. The highest BCUT2D eigenvalue weighted by Crippen LogP contribution is 2.24. The Morgan fingerprint density at radius 1 is 1.19 bits per heavy atom. The molecule has 1 aliphatic heterocycles. The number of rotatable bonds is 7. The molecule has 2 heterocycles. The third kappa shape index (κ3) is 5.05. The number of hydrogen-bond acceptors (Lipinski definition) is 4. The molecule has 1 aliphatic rings. The van der Waals surface area contributed by atoms with Gasteiger partial charge in [0.05, 0.1) is 0 Å². The summed E-state index contributed by atoms with van der Waals surface area (Å²) < 4.78 is 32.6. The van der Waals surface area contributed by atoms with Crippen molar-refractivity contribution in [3.8, 4) is 0 Å². The molecule has 3 rings (SSSR count). The van der Waals surface area contributed by atoms with Gasteiger partial charge in [-0.3, -0.25) is 4.90 Å². The average molecular weight is 361 g/mol. The molecule has 1 atom stereocenters. The first-order valence-electron chi connectivity index (χ1n) is 9.09. The molecule has 0 saturated carbocycles. The molecule has 0 radical (unpaired) electrons. The molecule has 0 amide bonds. The molecule has 140 valence electrons. The standard InChI is InChI=1S/C20H25F2N3O/c1-26-14-20-23-10-16(11-24-20)13-25-9-3-4-15(12-25)7-8-17-18(21)5-2-6-19(17)22/h2,5-6,10-11,15H,3-4,7-9,12-14H2,1H3. The Morgan fingerprint density at radius 2 is 1.92 bits per heavy atom. The van der Waals surface area contributed by atoms with Gasteiger partial charge in [-0.05, 0) is 50.3 Å². The fourth-order valence-electron chi connectivity index (χ4n) is 3.58. The van der Waals surface area contributed by atoms with Crippen molar-refractivity contribution in [3.63, 3.8) is 0 Å². The lowest BCUT2D eigenvalue weighted by atomic mass is 9.91. The number of piperidine rings is 1. The zero-order valence-corrected chi connectivity index (χ0v) is 15.1. The summed E-state index contributed by atoms with van der Waals surface area (Å²) in [7, 11) is 1.62. The molecule has 0 N–H and O–H groups in total. The first-order valence-corrected chi connectivity index (χ1v) is 9.09. The Labute approximate surface area is 153 Å². The van der Waals surface area contributed by atoms with E-state index in [1.165, 1.54) is 18.2 Å². The van der Waals surface area contributed by atoms with Crippen LogP contribution in [0.15, 0.2) is 30.6 Å². The summed E-state index contributed by atoms with van der Waals surface area (Å²) in [5.74, 6) is 0.257. The highest BCUT2D eigenvalue weighted by Gasteiger charge is 2.21. The van der Waals surface area contributed by atoms with E-state index in [9.17, 15) is 8.78 Å². The minimum atomic E-state index is -0.439. The summed E-state index contributed by atoms with van der Waals surface area (Å²) in [6, 6.07) is 4.08. The van der Waals surface area contributed by atoms with Crippen LogP contribution in [0.4, 0.5) is 8.78 Å². The van der Waals surface area contributed by atoms with Crippen LogP contribution in [0.3, 0.4) is 0 Å². The van der Waals surface area contributed by atoms with E-state index in [2.05, 4.69) is 14.9 Å². The zero-order valence-electron chi connectivity index (χ0n) is 15.1. The molecule has 26 heavy (non-hydrogen) atoms. The van der Waals surface area contributed by atoms with Gasteiger partial charge >= 0.3 is 0 Å². The van der Waals surface area contributed by atoms with Crippen LogP contribution < -0.4 is 0 Å². The monoisotopic (exact) mass is 361 g/mol. The van der Waals surface area contributed by atoms with Crippen molar-refractivity contribution in [2.24, 2.45) is 5.92 Å². The summed E-state index contributed by atoms with van der Waals surface area (Å²) in [6.45, 7) is 3.19. The highest BCUT2D eigenvalue weighted by molar-refractivity contribution is 5.19. The Bertz CT molecular complexity index is 688. The van der Waals surface area contributed by atoms with Crippen LogP contribution in [0.1, 0.15) is 36.2 Å². The van der Waals surface area contributed by atoms with E-state index in [-0.39, 0.29) is 5.56 Å². The minimum absolute atomic E-state index is 0.215. The molecular formula is C20H25F2N3O. The fourth-order valence-corrected chi connectivity index (χ4v) is 3.58. The van der Waals surface area contributed by atoms with E-state index in [4.69, 9.17) is 4.74 Å². The number of aromatic nitrogens is 2. The summed E-state index contributed by atoms with van der Waals surface area (Å²) in [6.07, 6.45) is 7.16. The Hall–Kier alpha value is -1.92. The molecule has 1 aromatic heterocycles. The van der Waals surface area contributed by atoms with Gasteiger partial charge in [-0.1, -0.05) is 6.07 Å². The maximum atomic E-state index is 13.8. The largest absolute Gasteiger partial charge is 0.377 e. The van der Waals surface area contributed by atoms with Crippen molar-refractivity contribution in [1.82, 2.24) is 14.9 Å². The van der Waals surface area contributed by atoms with Gasteiger partial charge in [-0.2, -0.15) is 0 Å². The summed E-state index contributed by atoms with van der Waals surface area (Å²) in [4.78, 5) is 11.0. The molecule has 0 spiro atoms. The van der Waals surface area contributed by atoms with Gasteiger partial charge in [-0.15, -0.1) is 0 Å². The number of methoxy groups -OCH3 is 1. The van der Waals surface area contributed by atoms with Crippen molar-refractivity contribution < 1.29 is 13.5 Å². The zero-order chi connectivity index (χ0) is 18.4. The molecule has 1 fully saturated rings. The lowest BCUT2D eigenvalue weighted by Crippen LogP contribution is -2.35. The Morgan fingerprint density at radius 3 is 2.62 bits per heavy atom. The van der Waals surface area contributed by atoms with Gasteiger partial charge in [0.1, 0.15) is 18.2 Å². The fraction of sp³-hybridized carbons (Fsp3) is 0.500. The van der Waals surface area contributed by atoms with Gasteiger partial charge in [0.25, 0.3) is 0 Å². The molecular weight excluding hydrogens is 336 g/mol. The quantitative estimate of drug-likeness (QED) is 0.753. The molecule has 2 aromatic rings. The Kier molecular flexibility index (Phi) is 6.63. The van der Waals surface area contributed by atoms with E-state index in [1.807, 2.05) is 12.4 Å². The van der Waals surface area contributed by atoms with Gasteiger partial charge < -0.3 is 4.74 Å². The maximum absolute atomic E-state index is 13.8. The molecule has 1 unspecified atom stereocenters. The highest BCUT2D eigenvalue weighted by atomic mass is 19.1. The topological polar surface area (TPSA) is 38.2 Å². The van der Waals surface area contributed by atoms with Crippen LogP contribution in [0.25, 0.3) is 0 Å². The van der Waals surface area contributed by atoms with Crippen molar-refractivity contribution in [1.29, 1.82) is 0 Å². The lowest BCUT2D eigenvalue weighted by molar-refractivity contribution is 0.160. The van der Waals surface area contributed by atoms with Crippen LogP contribution in [0.2, 0.25) is 0 Å². The van der Waals surface area contributed by atoms with Gasteiger partial charge in [0.15, 0.2) is 5.82 Å². The van der Waals surface area contributed by atoms with E-state index in [0.717, 1.165) is 44.5 Å². The smallest absolute Gasteiger partial charge is 0.153 e. The van der Waals surface area contributed by atoms with Crippen molar-refractivity contribution in [2.45, 2.75) is 38.8 Å². The third-order valence-electron chi connectivity index (χ3n) is 4.91. The Balaban J connectivity index is 1.52. The van der Waals surface area contributed by atoms with Gasteiger partial charge in [-0.25, -0.2) is 18.7 Å². The normalized spacial score (nSPS) is 18.2. The van der Waals surface area contributed by atoms with Crippen molar-refractivity contribution in [2.75, 3.05) is 20.2 Å². The van der Waals surface area contributed by atoms with E-state index in [0.29, 0.717) is 24.8 Å². The van der Waals surface area contributed by atoms with E-state index in [1.54, 1.807) is 7.11 Å². The van der Waals surface area contributed by atoms with Crippen LogP contribution in [-0.4, -0.2) is 35.1 Å². The number of ether oxygens (including phenoxy) is 1. The van der Waals surface area contributed by atoms with Gasteiger partial charge in [0.2, 0.25) is 0 Å². The van der Waals surface area contributed by atoms with Gasteiger partial charge in [0, 0.05) is 43.7 Å². The predicted molar refractivity (Wildman–Crippen MR) is 95.4 cm³/mol. The molecule has 1 saturated heterocycles. The summed E-state index contributed by atoms with van der Waals surface area (Å²) in [5.41, 5.74) is 1.29. The molecule has 4 nitrogen and oxygen atoms in total. The number of likely N-dealkylation sites (tertiary alicyclic amines) is 1. The molecule has 0 aliphatic carbocycles. The second-order valence-corrected chi connectivity index (χ2v) is 6.92. The summed E-state index contributed by atoms with van der Waals surface area (Å²) >= 11 is 0. The number of halogens is 2. The van der Waals surface area contributed by atoms with Crippen LogP contribution in [0, 0.1) is 17.6 Å². The van der Waals surface area contributed by atoms with Crippen LogP contribution >= 0.6 is 0 Å². The SMILES string of the molecule is COCc1ncc(CN2CCCC(CCc3c(F)cccc3F)C2)cn1. The number of hydrogen-bond donors (Lipinski definition) is 0. The van der Waals surface area contributed by atoms with Crippen LogP contribution in [-0.2, 0) is 24.3 Å². The molecule has 1 aromatic carbocycles. The number of benzene rings is 1.